The zero-order valence-corrected chi connectivity index (χ0v) is 20.0. The molecule has 0 bridgehead atoms. The molecule has 2 amide bonds. The van der Waals surface area contributed by atoms with Gasteiger partial charge in [-0.25, -0.2) is 4.90 Å². The van der Waals surface area contributed by atoms with Gasteiger partial charge in [-0.3, -0.25) is 9.59 Å². The zero-order valence-electron chi connectivity index (χ0n) is 20.0. The van der Waals surface area contributed by atoms with E-state index in [-0.39, 0.29) is 17.7 Å². The maximum Gasteiger partial charge on any atom is 0.282 e. The summed E-state index contributed by atoms with van der Waals surface area (Å²) in [5.74, 6) is 0.473. The van der Waals surface area contributed by atoms with Crippen LogP contribution in [0.3, 0.4) is 0 Å². The Labute approximate surface area is 199 Å². The highest BCUT2D eigenvalue weighted by Crippen LogP contribution is 2.37. The van der Waals surface area contributed by atoms with E-state index in [1.165, 1.54) is 4.90 Å². The van der Waals surface area contributed by atoms with Gasteiger partial charge < -0.3 is 14.8 Å². The van der Waals surface area contributed by atoms with Crippen molar-refractivity contribution in [2.75, 3.05) is 17.3 Å². The molecule has 0 radical (unpaired) electrons. The number of imide groups is 1. The average Bonchev–Trinajstić information content (AvgIpc) is 3.04. The van der Waals surface area contributed by atoms with Crippen LogP contribution in [0.15, 0.2) is 72.4 Å². The van der Waals surface area contributed by atoms with Crippen LogP contribution in [0.2, 0.25) is 0 Å². The Morgan fingerprint density at radius 3 is 2.24 bits per heavy atom. The summed E-state index contributed by atoms with van der Waals surface area (Å²) >= 11 is 0. The van der Waals surface area contributed by atoms with Crippen molar-refractivity contribution >= 4 is 28.8 Å². The van der Waals surface area contributed by atoms with Crippen molar-refractivity contribution in [3.63, 3.8) is 0 Å². The Kier molecular flexibility index (Phi) is 6.41. The highest BCUT2D eigenvalue weighted by Gasteiger charge is 2.41. The molecule has 3 aromatic rings. The number of ether oxygens (including phenoxy) is 2. The molecule has 4 rings (SSSR count). The number of carbonyl (C=O) groups is 2. The number of para-hydroxylation sites is 1. The number of hydrogen-bond donors (Lipinski definition) is 1. The number of nitrogens with zero attached hydrogens (tertiary/aromatic N) is 1. The number of rotatable bonds is 7. The van der Waals surface area contributed by atoms with Gasteiger partial charge in [0.05, 0.1) is 30.2 Å². The first kappa shape index (κ1) is 23.1. The van der Waals surface area contributed by atoms with E-state index >= 15 is 0 Å². The molecule has 0 fully saturated rings. The van der Waals surface area contributed by atoms with E-state index in [9.17, 15) is 9.59 Å². The van der Waals surface area contributed by atoms with E-state index in [2.05, 4.69) is 5.32 Å². The normalized spacial score (nSPS) is 13.6. The number of hydrogen-bond acceptors (Lipinski definition) is 5. The molecule has 1 aliphatic heterocycles. The van der Waals surface area contributed by atoms with Crippen molar-refractivity contribution in [2.45, 2.75) is 33.8 Å². The van der Waals surface area contributed by atoms with Crippen LogP contribution in [0.5, 0.6) is 11.5 Å². The van der Waals surface area contributed by atoms with Gasteiger partial charge >= 0.3 is 0 Å². The van der Waals surface area contributed by atoms with Gasteiger partial charge in [-0.05, 0) is 74.7 Å². The lowest BCUT2D eigenvalue weighted by Gasteiger charge is -2.18. The Bertz CT molecular complexity index is 1280. The fraction of sp³-hybridized carbons (Fsp3) is 0.214. The molecule has 0 saturated heterocycles. The van der Waals surface area contributed by atoms with Crippen LogP contribution < -0.4 is 19.7 Å². The molecule has 0 atom stereocenters. The molecule has 0 aliphatic carbocycles. The predicted octanol–water partition coefficient (Wildman–Crippen LogP) is 5.50. The van der Waals surface area contributed by atoms with Gasteiger partial charge in [-0.1, -0.05) is 36.4 Å². The van der Waals surface area contributed by atoms with Gasteiger partial charge in [0.15, 0.2) is 0 Å². The molecule has 6 nitrogen and oxygen atoms in total. The number of benzene rings is 3. The van der Waals surface area contributed by atoms with Crippen LogP contribution in [0.25, 0.3) is 5.57 Å². The predicted molar refractivity (Wildman–Crippen MR) is 134 cm³/mol. The van der Waals surface area contributed by atoms with Gasteiger partial charge in [0.2, 0.25) is 0 Å². The fourth-order valence-electron chi connectivity index (χ4n) is 3.97. The molecule has 1 N–H and O–H groups in total. The quantitative estimate of drug-likeness (QED) is 0.476. The topological polar surface area (TPSA) is 67.9 Å². The number of aryl methyl sites for hydroxylation is 2. The monoisotopic (exact) mass is 456 g/mol. The van der Waals surface area contributed by atoms with Crippen LogP contribution in [0, 0.1) is 13.8 Å². The minimum atomic E-state index is -0.416. The van der Waals surface area contributed by atoms with Gasteiger partial charge in [0.25, 0.3) is 11.8 Å². The van der Waals surface area contributed by atoms with Crippen molar-refractivity contribution in [2.24, 2.45) is 0 Å². The molecule has 0 aromatic heterocycles. The third kappa shape index (κ3) is 4.39. The third-order valence-electron chi connectivity index (χ3n) is 5.57. The first-order valence-electron chi connectivity index (χ1n) is 11.2. The second-order valence-electron chi connectivity index (χ2n) is 8.50. The summed E-state index contributed by atoms with van der Waals surface area (Å²) in [7, 11) is 1.57. The van der Waals surface area contributed by atoms with Crippen LogP contribution in [-0.4, -0.2) is 25.0 Å². The van der Waals surface area contributed by atoms with Gasteiger partial charge in [-0.15, -0.1) is 0 Å². The largest absolute Gasteiger partial charge is 0.495 e. The Morgan fingerprint density at radius 1 is 0.882 bits per heavy atom. The second kappa shape index (κ2) is 9.43. The van der Waals surface area contributed by atoms with E-state index < -0.39 is 5.91 Å². The Morgan fingerprint density at radius 2 is 1.59 bits per heavy atom. The molecule has 1 heterocycles. The lowest BCUT2D eigenvalue weighted by atomic mass is 10.0. The lowest BCUT2D eigenvalue weighted by Crippen LogP contribution is -2.33. The first-order valence-corrected chi connectivity index (χ1v) is 11.2. The summed E-state index contributed by atoms with van der Waals surface area (Å²) in [6.07, 6.45) is 0.0299. The molecular formula is C28H28N2O4. The van der Waals surface area contributed by atoms with Crippen LogP contribution in [-0.2, 0) is 9.59 Å². The van der Waals surface area contributed by atoms with E-state index in [4.69, 9.17) is 9.47 Å². The summed E-state index contributed by atoms with van der Waals surface area (Å²) in [4.78, 5) is 28.6. The van der Waals surface area contributed by atoms with Crippen molar-refractivity contribution in [3.8, 4) is 11.5 Å². The van der Waals surface area contributed by atoms with E-state index in [1.807, 2.05) is 64.1 Å². The number of nitrogens with one attached hydrogen (secondary N) is 1. The SMILES string of the molecule is COc1ccc(C)cc1NC1=C(c2ccc(OC(C)C)cc2)C(=O)N(c2ccccc2C)C1=O. The molecule has 34 heavy (non-hydrogen) atoms. The third-order valence-corrected chi connectivity index (χ3v) is 5.57. The fourth-order valence-corrected chi connectivity index (χ4v) is 3.97. The number of methoxy groups -OCH3 is 1. The van der Waals surface area contributed by atoms with Crippen LogP contribution >= 0.6 is 0 Å². The molecule has 6 heteroatoms. The summed E-state index contributed by atoms with van der Waals surface area (Å²) in [5, 5.41) is 3.21. The van der Waals surface area contributed by atoms with Crippen molar-refractivity contribution in [3.05, 3.63) is 89.1 Å². The minimum absolute atomic E-state index is 0.0299. The average molecular weight is 457 g/mol. The zero-order chi connectivity index (χ0) is 24.4. The van der Waals surface area contributed by atoms with E-state index in [1.54, 1.807) is 37.4 Å². The highest BCUT2D eigenvalue weighted by atomic mass is 16.5. The summed E-state index contributed by atoms with van der Waals surface area (Å²) in [5.41, 5.74) is 4.12. The van der Waals surface area contributed by atoms with Crippen LogP contribution in [0.4, 0.5) is 11.4 Å². The second-order valence-corrected chi connectivity index (χ2v) is 8.50. The smallest absolute Gasteiger partial charge is 0.282 e. The summed E-state index contributed by atoms with van der Waals surface area (Å²) in [6, 6.07) is 20.2. The van der Waals surface area contributed by atoms with Gasteiger partial charge in [-0.2, -0.15) is 0 Å². The molecule has 1 aliphatic rings. The molecule has 3 aromatic carbocycles. The van der Waals surface area contributed by atoms with Gasteiger partial charge in [0.1, 0.15) is 17.2 Å². The van der Waals surface area contributed by atoms with Crippen molar-refractivity contribution < 1.29 is 19.1 Å². The molecule has 0 spiro atoms. The molecule has 174 valence electrons. The number of amides is 2. The summed E-state index contributed by atoms with van der Waals surface area (Å²) in [6.45, 7) is 7.73. The molecular weight excluding hydrogens is 428 g/mol. The molecule has 0 saturated carbocycles. The maximum atomic E-state index is 13.7. The van der Waals surface area contributed by atoms with Crippen molar-refractivity contribution in [1.82, 2.24) is 0 Å². The number of carbonyl (C=O) groups excluding carboxylic acids is 2. The van der Waals surface area contributed by atoms with E-state index in [0.29, 0.717) is 34.0 Å². The van der Waals surface area contributed by atoms with Crippen molar-refractivity contribution in [1.29, 1.82) is 0 Å². The Balaban J connectivity index is 1.83. The first-order chi connectivity index (χ1) is 16.3. The highest BCUT2D eigenvalue weighted by molar-refractivity contribution is 6.46. The standard InChI is InChI=1S/C28H28N2O4/c1-17(2)34-21-13-11-20(12-14-21)25-26(29-22-16-18(3)10-15-24(22)33-5)28(32)30(27(25)31)23-9-7-6-8-19(23)4/h6-17,29H,1-5H3. The molecule has 0 unspecified atom stereocenters. The van der Waals surface area contributed by atoms with E-state index in [0.717, 1.165) is 11.1 Å². The minimum Gasteiger partial charge on any atom is -0.495 e. The number of anilines is 2. The summed E-state index contributed by atoms with van der Waals surface area (Å²) < 4.78 is 11.2. The maximum absolute atomic E-state index is 13.7. The van der Waals surface area contributed by atoms with Gasteiger partial charge in [0, 0.05) is 0 Å². The Hall–Kier alpha value is -4.06. The lowest BCUT2D eigenvalue weighted by molar-refractivity contribution is -0.120. The van der Waals surface area contributed by atoms with Crippen LogP contribution in [0.1, 0.15) is 30.5 Å².